The topological polar surface area (TPSA) is 30.5 Å². The smallest absolute Gasteiger partial charge is 0.179 e. The molecule has 1 aliphatic heterocycles. The van der Waals surface area contributed by atoms with Gasteiger partial charge in [0.25, 0.3) is 0 Å². The van der Waals surface area contributed by atoms with Crippen LogP contribution < -0.4 is 14.8 Å². The molecule has 0 amide bonds. The molecular weight excluding hydrogens is 250 g/mol. The SMILES string of the molecule is Clc1cc(CNCC2CCC2)cc2c1OCCO2. The van der Waals surface area contributed by atoms with Gasteiger partial charge in [-0.25, -0.2) is 0 Å². The first kappa shape index (κ1) is 12.1. The Morgan fingerprint density at radius 2 is 2.06 bits per heavy atom. The van der Waals surface area contributed by atoms with Crippen molar-refractivity contribution in [3.63, 3.8) is 0 Å². The standard InChI is InChI=1S/C14H18ClNO2/c15-12-6-11(9-16-8-10-2-1-3-10)7-13-14(12)18-5-4-17-13/h6-7,10,16H,1-5,8-9H2. The Hall–Kier alpha value is -0.930. The molecule has 1 aromatic rings. The molecule has 4 heteroatoms. The van der Waals surface area contributed by atoms with Crippen LogP contribution in [0.4, 0.5) is 0 Å². The van der Waals surface area contributed by atoms with E-state index in [9.17, 15) is 0 Å². The Labute approximate surface area is 112 Å². The molecule has 1 aliphatic carbocycles. The summed E-state index contributed by atoms with van der Waals surface area (Å²) in [4.78, 5) is 0. The summed E-state index contributed by atoms with van der Waals surface area (Å²) in [6.45, 7) is 3.12. The van der Waals surface area contributed by atoms with Gasteiger partial charge in [-0.15, -0.1) is 0 Å². The van der Waals surface area contributed by atoms with Crippen molar-refractivity contribution in [3.05, 3.63) is 22.7 Å². The lowest BCUT2D eigenvalue weighted by Crippen LogP contribution is -2.27. The lowest BCUT2D eigenvalue weighted by atomic mass is 9.85. The summed E-state index contributed by atoms with van der Waals surface area (Å²) in [5.41, 5.74) is 1.16. The number of nitrogens with one attached hydrogen (secondary N) is 1. The van der Waals surface area contributed by atoms with E-state index in [-0.39, 0.29) is 0 Å². The zero-order valence-corrected chi connectivity index (χ0v) is 11.1. The average Bonchev–Trinajstić information content (AvgIpc) is 2.32. The van der Waals surface area contributed by atoms with E-state index in [0.717, 1.165) is 30.3 Å². The van der Waals surface area contributed by atoms with Crippen molar-refractivity contribution < 1.29 is 9.47 Å². The first-order chi connectivity index (χ1) is 8.83. The van der Waals surface area contributed by atoms with E-state index >= 15 is 0 Å². The third kappa shape index (κ3) is 2.57. The predicted molar refractivity (Wildman–Crippen MR) is 71.5 cm³/mol. The Kier molecular flexibility index (Phi) is 3.62. The van der Waals surface area contributed by atoms with Gasteiger partial charge in [0.05, 0.1) is 5.02 Å². The lowest BCUT2D eigenvalue weighted by molar-refractivity contribution is 0.171. The molecule has 0 saturated heterocycles. The minimum atomic E-state index is 0.575. The zero-order chi connectivity index (χ0) is 12.4. The van der Waals surface area contributed by atoms with Crippen molar-refractivity contribution in [2.45, 2.75) is 25.8 Å². The molecule has 0 spiro atoms. The molecule has 1 aromatic carbocycles. The average molecular weight is 268 g/mol. The summed E-state index contributed by atoms with van der Waals surface area (Å²) < 4.78 is 11.1. The molecule has 1 fully saturated rings. The maximum atomic E-state index is 6.19. The van der Waals surface area contributed by atoms with Crippen molar-refractivity contribution in [1.82, 2.24) is 5.32 Å². The summed E-state index contributed by atoms with van der Waals surface area (Å²) in [5, 5.41) is 4.13. The predicted octanol–water partition coefficient (Wildman–Crippen LogP) is 3.00. The molecule has 18 heavy (non-hydrogen) atoms. The fourth-order valence-electron chi connectivity index (χ4n) is 2.38. The van der Waals surface area contributed by atoms with Gasteiger partial charge in [0.15, 0.2) is 11.5 Å². The largest absolute Gasteiger partial charge is 0.486 e. The highest BCUT2D eigenvalue weighted by atomic mass is 35.5. The van der Waals surface area contributed by atoms with Gasteiger partial charge in [-0.05, 0) is 43.0 Å². The minimum Gasteiger partial charge on any atom is -0.486 e. The van der Waals surface area contributed by atoms with Crippen LogP contribution in [-0.4, -0.2) is 19.8 Å². The van der Waals surface area contributed by atoms with Crippen LogP contribution in [0.25, 0.3) is 0 Å². The van der Waals surface area contributed by atoms with Crippen LogP contribution in [0.15, 0.2) is 12.1 Å². The van der Waals surface area contributed by atoms with Crippen molar-refractivity contribution in [2.75, 3.05) is 19.8 Å². The molecule has 0 radical (unpaired) electrons. The summed E-state index contributed by atoms with van der Waals surface area (Å²) in [6, 6.07) is 3.98. The van der Waals surface area contributed by atoms with Gasteiger partial charge in [0.2, 0.25) is 0 Å². The summed E-state index contributed by atoms with van der Waals surface area (Å²) in [6.07, 6.45) is 4.13. The molecule has 2 aliphatic rings. The van der Waals surface area contributed by atoms with Gasteiger partial charge in [0.1, 0.15) is 13.2 Å². The van der Waals surface area contributed by atoms with Gasteiger partial charge in [-0.2, -0.15) is 0 Å². The maximum Gasteiger partial charge on any atom is 0.179 e. The van der Waals surface area contributed by atoms with Gasteiger partial charge in [-0.1, -0.05) is 18.0 Å². The van der Waals surface area contributed by atoms with Crippen LogP contribution in [0.5, 0.6) is 11.5 Å². The lowest BCUT2D eigenvalue weighted by Gasteiger charge is -2.25. The number of hydrogen-bond acceptors (Lipinski definition) is 3. The highest BCUT2D eigenvalue weighted by molar-refractivity contribution is 6.32. The molecule has 1 heterocycles. The molecule has 3 rings (SSSR count). The third-order valence-corrected chi connectivity index (χ3v) is 3.92. The fourth-order valence-corrected chi connectivity index (χ4v) is 2.67. The summed E-state index contributed by atoms with van der Waals surface area (Å²) >= 11 is 6.19. The number of ether oxygens (including phenoxy) is 2. The van der Waals surface area contributed by atoms with E-state index in [0.29, 0.717) is 24.0 Å². The third-order valence-electron chi connectivity index (χ3n) is 3.64. The first-order valence-corrected chi connectivity index (χ1v) is 6.99. The number of halogens is 1. The Balaban J connectivity index is 1.62. The van der Waals surface area contributed by atoms with Crippen molar-refractivity contribution in [1.29, 1.82) is 0 Å². The van der Waals surface area contributed by atoms with E-state index in [1.54, 1.807) is 0 Å². The van der Waals surface area contributed by atoms with Crippen LogP contribution >= 0.6 is 11.6 Å². The number of benzene rings is 1. The number of hydrogen-bond donors (Lipinski definition) is 1. The highest BCUT2D eigenvalue weighted by Crippen LogP contribution is 2.38. The van der Waals surface area contributed by atoms with E-state index in [2.05, 4.69) is 5.32 Å². The molecule has 1 N–H and O–H groups in total. The van der Waals surface area contributed by atoms with Crippen LogP contribution in [0, 0.1) is 5.92 Å². The second kappa shape index (κ2) is 5.37. The van der Waals surface area contributed by atoms with Crippen LogP contribution in [0.3, 0.4) is 0 Å². The van der Waals surface area contributed by atoms with Crippen molar-refractivity contribution in [3.8, 4) is 11.5 Å². The Morgan fingerprint density at radius 1 is 1.22 bits per heavy atom. The van der Waals surface area contributed by atoms with E-state index in [1.165, 1.54) is 19.3 Å². The first-order valence-electron chi connectivity index (χ1n) is 6.61. The molecule has 0 aromatic heterocycles. The second-order valence-electron chi connectivity index (χ2n) is 5.03. The van der Waals surface area contributed by atoms with E-state index in [1.807, 2.05) is 12.1 Å². The van der Waals surface area contributed by atoms with Crippen molar-refractivity contribution in [2.24, 2.45) is 5.92 Å². The second-order valence-corrected chi connectivity index (χ2v) is 5.44. The Morgan fingerprint density at radius 3 is 2.83 bits per heavy atom. The van der Waals surface area contributed by atoms with Gasteiger partial charge < -0.3 is 14.8 Å². The van der Waals surface area contributed by atoms with Crippen LogP contribution in [0.2, 0.25) is 5.02 Å². The fraction of sp³-hybridized carbons (Fsp3) is 0.571. The Bertz CT molecular complexity index is 432. The van der Waals surface area contributed by atoms with Gasteiger partial charge in [0, 0.05) is 6.54 Å². The maximum absolute atomic E-state index is 6.19. The quantitative estimate of drug-likeness (QED) is 0.910. The molecule has 98 valence electrons. The molecule has 0 unspecified atom stereocenters. The number of fused-ring (bicyclic) bond motifs is 1. The molecule has 0 atom stereocenters. The monoisotopic (exact) mass is 267 g/mol. The van der Waals surface area contributed by atoms with Gasteiger partial charge in [-0.3, -0.25) is 0 Å². The van der Waals surface area contributed by atoms with E-state index in [4.69, 9.17) is 21.1 Å². The van der Waals surface area contributed by atoms with Crippen LogP contribution in [-0.2, 0) is 6.54 Å². The van der Waals surface area contributed by atoms with Crippen LogP contribution in [0.1, 0.15) is 24.8 Å². The molecule has 3 nitrogen and oxygen atoms in total. The molecule has 1 saturated carbocycles. The number of rotatable bonds is 4. The minimum absolute atomic E-state index is 0.575. The summed E-state index contributed by atoms with van der Waals surface area (Å²) in [5.74, 6) is 2.33. The molecular formula is C14H18ClNO2. The normalized spacial score (nSPS) is 18.5. The van der Waals surface area contributed by atoms with E-state index < -0.39 is 0 Å². The summed E-state index contributed by atoms with van der Waals surface area (Å²) in [7, 11) is 0. The van der Waals surface area contributed by atoms with Crippen molar-refractivity contribution >= 4 is 11.6 Å². The highest BCUT2D eigenvalue weighted by Gasteiger charge is 2.18. The zero-order valence-electron chi connectivity index (χ0n) is 10.4. The molecule has 0 bridgehead atoms. The van der Waals surface area contributed by atoms with Gasteiger partial charge >= 0.3 is 0 Å².